The Labute approximate surface area is 125 Å². The Morgan fingerprint density at radius 2 is 2.00 bits per heavy atom. The Morgan fingerprint density at radius 3 is 2.52 bits per heavy atom. The van der Waals surface area contributed by atoms with Crippen LogP contribution in [0.5, 0.6) is 0 Å². The van der Waals surface area contributed by atoms with Gasteiger partial charge in [0, 0.05) is 24.0 Å². The van der Waals surface area contributed by atoms with Gasteiger partial charge in [-0.05, 0) is 31.5 Å². The van der Waals surface area contributed by atoms with Crippen molar-refractivity contribution in [1.82, 2.24) is 9.78 Å². The Balaban J connectivity index is 2.02. The monoisotopic (exact) mass is 308 g/mol. The molecule has 2 aromatic rings. The minimum Gasteiger partial charge on any atom is -0.378 e. The summed E-state index contributed by atoms with van der Waals surface area (Å²) >= 11 is 0. The molecule has 6 nitrogen and oxygen atoms in total. The first kappa shape index (κ1) is 15.5. The average molecular weight is 308 g/mol. The molecule has 0 aliphatic heterocycles. The predicted octanol–water partition coefficient (Wildman–Crippen LogP) is 1.86. The number of rotatable bonds is 6. The quantitative estimate of drug-likeness (QED) is 0.852. The van der Waals surface area contributed by atoms with Gasteiger partial charge in [-0.3, -0.25) is 4.68 Å². The van der Waals surface area contributed by atoms with Gasteiger partial charge in [-0.15, -0.1) is 0 Å². The molecule has 0 amide bonds. The van der Waals surface area contributed by atoms with E-state index in [4.69, 9.17) is 5.14 Å². The highest BCUT2D eigenvalue weighted by Gasteiger charge is 2.09. The summed E-state index contributed by atoms with van der Waals surface area (Å²) in [5.41, 5.74) is 2.70. The number of aryl methyl sites for hydroxylation is 1. The van der Waals surface area contributed by atoms with E-state index in [1.54, 1.807) is 12.1 Å². The maximum Gasteiger partial charge on any atom is 0.213 e. The maximum atomic E-state index is 11.0. The number of nitrogens with two attached hydrogens (primary N) is 1. The summed E-state index contributed by atoms with van der Waals surface area (Å²) in [7, 11) is -3.49. The third-order valence-electron chi connectivity index (χ3n) is 3.18. The Kier molecular flexibility index (Phi) is 4.64. The second-order valence-corrected chi connectivity index (χ2v) is 6.61. The lowest BCUT2D eigenvalue weighted by Gasteiger charge is -2.14. The van der Waals surface area contributed by atoms with Gasteiger partial charge in [0.25, 0.3) is 0 Å². The molecule has 0 fully saturated rings. The highest BCUT2D eigenvalue weighted by Crippen LogP contribution is 2.19. The van der Waals surface area contributed by atoms with Gasteiger partial charge in [0.15, 0.2) is 0 Å². The summed E-state index contributed by atoms with van der Waals surface area (Å²) in [5.74, 6) is -0.147. The second kappa shape index (κ2) is 6.28. The number of aromatic nitrogens is 2. The molecule has 0 spiro atoms. The molecule has 0 saturated heterocycles. The van der Waals surface area contributed by atoms with Crippen LogP contribution in [0.3, 0.4) is 0 Å². The lowest BCUT2D eigenvalue weighted by Crippen LogP contribution is -2.14. The highest BCUT2D eigenvalue weighted by molar-refractivity contribution is 7.88. The van der Waals surface area contributed by atoms with Gasteiger partial charge >= 0.3 is 0 Å². The van der Waals surface area contributed by atoms with Gasteiger partial charge in [-0.1, -0.05) is 12.1 Å². The third-order valence-corrected chi connectivity index (χ3v) is 3.92. The first-order valence-electron chi connectivity index (χ1n) is 6.75. The largest absolute Gasteiger partial charge is 0.378 e. The highest BCUT2D eigenvalue weighted by atomic mass is 32.2. The molecule has 2 rings (SSSR count). The van der Waals surface area contributed by atoms with Crippen molar-refractivity contribution in [2.45, 2.75) is 32.2 Å². The number of nitrogens with zero attached hydrogens (tertiary/aromatic N) is 2. The normalized spacial score (nSPS) is 13.1. The van der Waals surface area contributed by atoms with Crippen LogP contribution in [-0.2, 0) is 22.3 Å². The molecule has 114 valence electrons. The number of sulfonamides is 1. The number of nitrogens with one attached hydrogen (secondary N) is 1. The number of hydrogen-bond acceptors (Lipinski definition) is 4. The first-order valence-corrected chi connectivity index (χ1v) is 8.47. The molecule has 1 heterocycles. The van der Waals surface area contributed by atoms with E-state index in [1.807, 2.05) is 36.1 Å². The van der Waals surface area contributed by atoms with E-state index in [-0.39, 0.29) is 11.8 Å². The summed E-state index contributed by atoms with van der Waals surface area (Å²) in [6.45, 7) is 4.93. The fourth-order valence-corrected chi connectivity index (χ4v) is 2.70. The number of hydrogen-bond donors (Lipinski definition) is 2. The van der Waals surface area contributed by atoms with E-state index >= 15 is 0 Å². The summed E-state index contributed by atoms with van der Waals surface area (Å²) in [5, 5.41) is 12.6. The molecule has 21 heavy (non-hydrogen) atoms. The molecule has 3 N–H and O–H groups in total. The molecule has 0 bridgehead atoms. The van der Waals surface area contributed by atoms with Crippen molar-refractivity contribution >= 4 is 15.7 Å². The molecule has 7 heteroatoms. The SMILES string of the molecule is CCn1cc(C(C)Nc2ccc(CS(N)(=O)=O)cc2)cn1. The molecule has 1 unspecified atom stereocenters. The van der Waals surface area contributed by atoms with E-state index in [0.717, 1.165) is 17.8 Å². The van der Waals surface area contributed by atoms with E-state index < -0.39 is 10.0 Å². The lowest BCUT2D eigenvalue weighted by atomic mass is 10.1. The molecule has 1 atom stereocenters. The van der Waals surface area contributed by atoms with Crippen molar-refractivity contribution in [3.8, 4) is 0 Å². The van der Waals surface area contributed by atoms with E-state index in [0.29, 0.717) is 5.56 Å². The molecule has 0 radical (unpaired) electrons. The van der Waals surface area contributed by atoms with Gasteiger partial charge in [0.1, 0.15) is 0 Å². The molecule has 0 aliphatic rings. The van der Waals surface area contributed by atoms with Crippen molar-refractivity contribution in [2.75, 3.05) is 5.32 Å². The number of primary sulfonamides is 1. The zero-order valence-corrected chi connectivity index (χ0v) is 13.0. The van der Waals surface area contributed by atoms with Gasteiger partial charge in [-0.2, -0.15) is 5.10 Å². The smallest absolute Gasteiger partial charge is 0.213 e. The molecule has 0 saturated carbocycles. The summed E-state index contributed by atoms with van der Waals surface area (Å²) in [6, 6.07) is 7.33. The summed E-state index contributed by atoms with van der Waals surface area (Å²) < 4.78 is 23.9. The molecular weight excluding hydrogens is 288 g/mol. The van der Waals surface area contributed by atoms with E-state index in [2.05, 4.69) is 17.3 Å². The van der Waals surface area contributed by atoms with Gasteiger partial charge in [0.2, 0.25) is 10.0 Å². The minimum absolute atomic E-state index is 0.120. The van der Waals surface area contributed by atoms with Crippen molar-refractivity contribution in [3.63, 3.8) is 0 Å². The van der Waals surface area contributed by atoms with Crippen LogP contribution in [0.25, 0.3) is 0 Å². The van der Waals surface area contributed by atoms with Crippen LogP contribution in [-0.4, -0.2) is 18.2 Å². The van der Waals surface area contributed by atoms with Gasteiger partial charge in [0.05, 0.1) is 18.0 Å². The van der Waals surface area contributed by atoms with Crippen molar-refractivity contribution in [2.24, 2.45) is 5.14 Å². The van der Waals surface area contributed by atoms with Crippen LogP contribution in [0.2, 0.25) is 0 Å². The van der Waals surface area contributed by atoms with E-state index in [1.165, 1.54) is 0 Å². The predicted molar refractivity (Wildman–Crippen MR) is 83.2 cm³/mol. The third kappa shape index (κ3) is 4.57. The first-order chi connectivity index (χ1) is 9.87. The zero-order chi connectivity index (χ0) is 15.5. The van der Waals surface area contributed by atoms with Gasteiger partial charge in [-0.25, -0.2) is 13.6 Å². The standard InChI is InChI=1S/C14H20N4O2S/c1-3-18-9-13(8-16-18)11(2)17-14-6-4-12(5-7-14)10-21(15,19)20/h4-9,11,17H,3,10H2,1-2H3,(H2,15,19,20). The number of benzene rings is 1. The van der Waals surface area contributed by atoms with Crippen LogP contribution in [0.4, 0.5) is 5.69 Å². The van der Waals surface area contributed by atoms with Crippen LogP contribution in [0.1, 0.15) is 31.0 Å². The van der Waals surface area contributed by atoms with Gasteiger partial charge < -0.3 is 5.32 Å². The lowest BCUT2D eigenvalue weighted by molar-refractivity contribution is 0.597. The summed E-state index contributed by atoms with van der Waals surface area (Å²) in [6.07, 6.45) is 3.85. The van der Waals surface area contributed by atoms with Crippen molar-refractivity contribution < 1.29 is 8.42 Å². The fraction of sp³-hybridized carbons (Fsp3) is 0.357. The van der Waals surface area contributed by atoms with Crippen molar-refractivity contribution in [3.05, 3.63) is 47.8 Å². The molecule has 0 aliphatic carbocycles. The number of anilines is 1. The minimum atomic E-state index is -3.49. The molecular formula is C14H20N4O2S. The van der Waals surface area contributed by atoms with Crippen molar-refractivity contribution in [1.29, 1.82) is 0 Å². The van der Waals surface area contributed by atoms with Crippen LogP contribution >= 0.6 is 0 Å². The Bertz CT molecular complexity index is 692. The second-order valence-electron chi connectivity index (χ2n) is 5.00. The fourth-order valence-electron chi connectivity index (χ4n) is 2.04. The Hall–Kier alpha value is -1.86. The van der Waals surface area contributed by atoms with Crippen LogP contribution < -0.4 is 10.5 Å². The maximum absolute atomic E-state index is 11.0. The van der Waals surface area contributed by atoms with Crippen LogP contribution in [0, 0.1) is 0 Å². The zero-order valence-electron chi connectivity index (χ0n) is 12.2. The molecule has 1 aromatic heterocycles. The molecule has 1 aromatic carbocycles. The summed E-state index contributed by atoms with van der Waals surface area (Å²) in [4.78, 5) is 0. The van der Waals surface area contributed by atoms with Crippen LogP contribution in [0.15, 0.2) is 36.7 Å². The topological polar surface area (TPSA) is 90.0 Å². The Morgan fingerprint density at radius 1 is 1.33 bits per heavy atom. The van der Waals surface area contributed by atoms with E-state index in [9.17, 15) is 8.42 Å². The average Bonchev–Trinajstić information content (AvgIpc) is 2.88.